The van der Waals surface area contributed by atoms with E-state index in [2.05, 4.69) is 56.6 Å². The topological polar surface area (TPSA) is 98.2 Å². The van der Waals surface area contributed by atoms with Gasteiger partial charge in [-0.15, -0.1) is 5.10 Å². The third-order valence-electron chi connectivity index (χ3n) is 7.08. The second-order valence-electron chi connectivity index (χ2n) is 9.75. The quantitative estimate of drug-likeness (QED) is 0.348. The molecule has 0 aliphatic carbocycles. The normalized spacial score (nSPS) is 16.5. The molecule has 0 bridgehead atoms. The summed E-state index contributed by atoms with van der Waals surface area (Å²) in [5.41, 5.74) is 3.71. The molecule has 1 aliphatic rings. The predicted octanol–water partition coefficient (Wildman–Crippen LogP) is 4.16. The lowest BCUT2D eigenvalue weighted by Crippen LogP contribution is -2.33. The average molecular weight is 503 g/mol. The second kappa shape index (κ2) is 11.2. The molecular formula is C28H34N6O3. The highest BCUT2D eigenvalue weighted by Crippen LogP contribution is 2.28. The summed E-state index contributed by atoms with van der Waals surface area (Å²) in [6, 6.07) is 16.1. The van der Waals surface area contributed by atoms with Crippen molar-refractivity contribution in [3.8, 4) is 5.75 Å². The van der Waals surface area contributed by atoms with Crippen LogP contribution >= 0.6 is 0 Å². The molecular weight excluding hydrogens is 468 g/mol. The van der Waals surface area contributed by atoms with E-state index in [1.807, 2.05) is 35.9 Å². The van der Waals surface area contributed by atoms with Crippen molar-refractivity contribution in [2.45, 2.75) is 64.9 Å². The minimum atomic E-state index is -0.0911. The molecule has 0 saturated carbocycles. The third kappa shape index (κ3) is 5.73. The van der Waals surface area contributed by atoms with Crippen molar-refractivity contribution in [1.29, 1.82) is 0 Å². The zero-order chi connectivity index (χ0) is 25.8. The number of nitrogens with one attached hydrogen (secondary N) is 1. The Kier molecular flexibility index (Phi) is 7.62. The first-order valence-electron chi connectivity index (χ1n) is 12.9. The van der Waals surface area contributed by atoms with Gasteiger partial charge in [0.05, 0.1) is 25.8 Å². The molecule has 5 rings (SSSR count). The summed E-state index contributed by atoms with van der Waals surface area (Å²) in [6.45, 7) is 6.65. The van der Waals surface area contributed by atoms with Gasteiger partial charge < -0.3 is 14.5 Å². The summed E-state index contributed by atoms with van der Waals surface area (Å²) in [5, 5.41) is 13.8. The molecule has 37 heavy (non-hydrogen) atoms. The Morgan fingerprint density at radius 2 is 2.03 bits per heavy atom. The number of benzene rings is 2. The number of H-pyrrole nitrogens is 1. The Labute approximate surface area is 216 Å². The van der Waals surface area contributed by atoms with E-state index < -0.39 is 0 Å². The van der Waals surface area contributed by atoms with Crippen LogP contribution in [-0.4, -0.2) is 49.9 Å². The summed E-state index contributed by atoms with van der Waals surface area (Å²) < 4.78 is 13.1. The van der Waals surface area contributed by atoms with Crippen molar-refractivity contribution in [3.05, 3.63) is 81.4 Å². The maximum absolute atomic E-state index is 13.1. The van der Waals surface area contributed by atoms with Gasteiger partial charge in [-0.2, -0.15) is 0 Å². The number of aryl methyl sites for hydroxylation is 1. The zero-order valence-corrected chi connectivity index (χ0v) is 21.7. The van der Waals surface area contributed by atoms with Gasteiger partial charge in [0.25, 0.3) is 5.56 Å². The van der Waals surface area contributed by atoms with Crippen LogP contribution < -0.4 is 10.3 Å². The van der Waals surface area contributed by atoms with Gasteiger partial charge in [-0.25, -0.2) is 4.68 Å². The number of tetrazole rings is 1. The zero-order valence-electron chi connectivity index (χ0n) is 21.7. The number of aromatic amines is 1. The highest BCUT2D eigenvalue weighted by Gasteiger charge is 2.28. The number of rotatable bonds is 10. The van der Waals surface area contributed by atoms with Crippen LogP contribution in [0.1, 0.15) is 54.7 Å². The molecule has 2 atom stereocenters. The van der Waals surface area contributed by atoms with Gasteiger partial charge in [0.1, 0.15) is 5.75 Å². The van der Waals surface area contributed by atoms with E-state index in [-0.39, 0.29) is 17.7 Å². The third-order valence-corrected chi connectivity index (χ3v) is 7.08. The molecule has 9 heteroatoms. The van der Waals surface area contributed by atoms with Gasteiger partial charge in [0.15, 0.2) is 5.82 Å². The first kappa shape index (κ1) is 25.1. The summed E-state index contributed by atoms with van der Waals surface area (Å²) in [6.07, 6.45) is 2.99. The summed E-state index contributed by atoms with van der Waals surface area (Å²) in [4.78, 5) is 18.5. The fourth-order valence-corrected chi connectivity index (χ4v) is 5.10. The lowest BCUT2D eigenvalue weighted by molar-refractivity contribution is 0.0888. The molecule has 0 spiro atoms. The molecule has 1 aliphatic heterocycles. The standard InChI is InChI=1S/C28H34N6O3/c1-4-26(27-30-31-32-34(27)18-24-6-5-13-37-24)33(16-20-8-11-23(36-3)12-9-20)17-22-15-21-10-7-19(2)14-25(21)29-28(22)35/h7-12,14-15,24,26H,4-6,13,16-18H2,1-3H3,(H,29,35)/t24-,26-/m0/s1. The Morgan fingerprint density at radius 1 is 1.19 bits per heavy atom. The first-order chi connectivity index (χ1) is 18.0. The molecule has 1 fully saturated rings. The van der Waals surface area contributed by atoms with Crippen LogP contribution in [-0.2, 0) is 24.4 Å². The monoisotopic (exact) mass is 502 g/mol. The summed E-state index contributed by atoms with van der Waals surface area (Å²) >= 11 is 0. The van der Waals surface area contributed by atoms with Crippen molar-refractivity contribution in [3.63, 3.8) is 0 Å². The molecule has 1 N–H and O–H groups in total. The van der Waals surface area contributed by atoms with Crippen LogP contribution in [0.25, 0.3) is 10.9 Å². The SMILES string of the molecule is CC[C@@H](c1nnnn1C[C@@H]1CCCO1)N(Cc1ccc(OC)cc1)Cc1cc2ccc(C)cc2[nH]c1=O. The van der Waals surface area contributed by atoms with E-state index in [0.717, 1.165) is 59.5 Å². The number of methoxy groups -OCH3 is 1. The van der Waals surface area contributed by atoms with Crippen molar-refractivity contribution >= 4 is 10.9 Å². The van der Waals surface area contributed by atoms with Crippen LogP contribution in [0, 0.1) is 6.92 Å². The van der Waals surface area contributed by atoms with E-state index in [1.54, 1.807) is 7.11 Å². The van der Waals surface area contributed by atoms with Gasteiger partial charge in [-0.3, -0.25) is 9.69 Å². The number of fused-ring (bicyclic) bond motifs is 1. The van der Waals surface area contributed by atoms with E-state index in [4.69, 9.17) is 9.47 Å². The van der Waals surface area contributed by atoms with E-state index >= 15 is 0 Å². The molecule has 0 radical (unpaired) electrons. The Hall–Kier alpha value is -3.56. The molecule has 0 unspecified atom stereocenters. The number of hydrogen-bond donors (Lipinski definition) is 1. The van der Waals surface area contributed by atoms with Gasteiger partial charge >= 0.3 is 0 Å². The molecule has 194 valence electrons. The largest absolute Gasteiger partial charge is 0.497 e. The van der Waals surface area contributed by atoms with E-state index in [9.17, 15) is 4.79 Å². The number of nitrogens with zero attached hydrogens (tertiary/aromatic N) is 5. The highest BCUT2D eigenvalue weighted by molar-refractivity contribution is 5.79. The Morgan fingerprint density at radius 3 is 2.76 bits per heavy atom. The predicted molar refractivity (Wildman–Crippen MR) is 141 cm³/mol. The minimum Gasteiger partial charge on any atom is -0.497 e. The van der Waals surface area contributed by atoms with E-state index in [1.165, 1.54) is 0 Å². The first-order valence-corrected chi connectivity index (χ1v) is 12.9. The molecule has 4 aromatic rings. The van der Waals surface area contributed by atoms with Gasteiger partial charge in [-0.1, -0.05) is 31.2 Å². The maximum Gasteiger partial charge on any atom is 0.252 e. The Balaban J connectivity index is 1.49. The summed E-state index contributed by atoms with van der Waals surface area (Å²) in [7, 11) is 1.66. The molecule has 9 nitrogen and oxygen atoms in total. The van der Waals surface area contributed by atoms with Crippen molar-refractivity contribution in [2.75, 3.05) is 13.7 Å². The lowest BCUT2D eigenvalue weighted by atomic mass is 10.1. The smallest absolute Gasteiger partial charge is 0.252 e. The van der Waals surface area contributed by atoms with Crippen LogP contribution in [0.15, 0.2) is 53.3 Å². The number of hydrogen-bond acceptors (Lipinski definition) is 7. The lowest BCUT2D eigenvalue weighted by Gasteiger charge is -2.30. The number of aromatic nitrogens is 5. The fraction of sp³-hybridized carbons (Fsp3) is 0.429. The van der Waals surface area contributed by atoms with Crippen molar-refractivity contribution in [2.24, 2.45) is 0 Å². The molecule has 2 aromatic heterocycles. The fourth-order valence-electron chi connectivity index (χ4n) is 5.10. The van der Waals surface area contributed by atoms with Gasteiger partial charge in [0, 0.05) is 30.8 Å². The van der Waals surface area contributed by atoms with E-state index in [0.29, 0.717) is 25.2 Å². The number of pyridine rings is 1. The average Bonchev–Trinajstić information content (AvgIpc) is 3.58. The number of ether oxygens (including phenoxy) is 2. The molecule has 0 amide bonds. The second-order valence-corrected chi connectivity index (χ2v) is 9.75. The molecule has 1 saturated heterocycles. The highest BCUT2D eigenvalue weighted by atomic mass is 16.5. The van der Waals surface area contributed by atoms with Crippen LogP contribution in [0.3, 0.4) is 0 Å². The van der Waals surface area contributed by atoms with Crippen LogP contribution in [0.5, 0.6) is 5.75 Å². The maximum atomic E-state index is 13.1. The molecule has 2 aromatic carbocycles. The van der Waals surface area contributed by atoms with Crippen molar-refractivity contribution in [1.82, 2.24) is 30.1 Å². The van der Waals surface area contributed by atoms with Gasteiger partial charge in [0.2, 0.25) is 0 Å². The van der Waals surface area contributed by atoms with Gasteiger partial charge in [-0.05, 0) is 77.4 Å². The Bertz CT molecular complexity index is 1390. The van der Waals surface area contributed by atoms with Crippen LogP contribution in [0.2, 0.25) is 0 Å². The van der Waals surface area contributed by atoms with Crippen molar-refractivity contribution < 1.29 is 9.47 Å². The summed E-state index contributed by atoms with van der Waals surface area (Å²) in [5.74, 6) is 1.60. The minimum absolute atomic E-state index is 0.0772. The molecule has 3 heterocycles. The van der Waals surface area contributed by atoms with Crippen LogP contribution in [0.4, 0.5) is 0 Å².